The highest BCUT2D eigenvalue weighted by Crippen LogP contribution is 2.27. The van der Waals surface area contributed by atoms with Crippen LogP contribution in [0.2, 0.25) is 0 Å². The van der Waals surface area contributed by atoms with E-state index in [1.807, 2.05) is 11.3 Å². The van der Waals surface area contributed by atoms with E-state index in [1.165, 1.54) is 56.6 Å². The fourth-order valence-electron chi connectivity index (χ4n) is 3.53. The summed E-state index contributed by atoms with van der Waals surface area (Å²) < 4.78 is 0. The van der Waals surface area contributed by atoms with Gasteiger partial charge in [-0.2, -0.15) is 0 Å². The molecule has 0 saturated carbocycles. The first-order valence-electron chi connectivity index (χ1n) is 8.76. The Balaban J connectivity index is 1.83. The molecule has 0 aromatic carbocycles. The van der Waals surface area contributed by atoms with Crippen molar-refractivity contribution in [1.82, 2.24) is 10.2 Å². The summed E-state index contributed by atoms with van der Waals surface area (Å²) >= 11 is 1.90. The Morgan fingerprint density at radius 1 is 1.29 bits per heavy atom. The standard InChI is InChI=1S/C18H32N2S/c1-4-7-17(18-8-6-14-21-18)19-15(3)16-9-12-20(11-5-2)13-10-16/h6,8,14-17,19H,4-5,7,9-13H2,1-3H3. The quantitative estimate of drug-likeness (QED) is 0.749. The molecular weight excluding hydrogens is 276 g/mol. The molecule has 0 bridgehead atoms. The third-order valence-electron chi connectivity index (χ3n) is 4.81. The third kappa shape index (κ3) is 5.08. The predicted octanol–water partition coefficient (Wildman–Crippen LogP) is 4.69. The lowest BCUT2D eigenvalue weighted by atomic mass is 9.89. The van der Waals surface area contributed by atoms with Crippen molar-refractivity contribution >= 4 is 11.3 Å². The molecular formula is C18H32N2S. The zero-order valence-corrected chi connectivity index (χ0v) is 14.8. The van der Waals surface area contributed by atoms with Gasteiger partial charge in [0.1, 0.15) is 0 Å². The smallest absolute Gasteiger partial charge is 0.0416 e. The summed E-state index contributed by atoms with van der Waals surface area (Å²) in [6.45, 7) is 10.8. The Labute approximate surface area is 134 Å². The third-order valence-corrected chi connectivity index (χ3v) is 5.79. The summed E-state index contributed by atoms with van der Waals surface area (Å²) in [4.78, 5) is 4.14. The predicted molar refractivity (Wildman–Crippen MR) is 94.0 cm³/mol. The van der Waals surface area contributed by atoms with Crippen LogP contribution in [0.1, 0.15) is 63.8 Å². The van der Waals surface area contributed by atoms with E-state index < -0.39 is 0 Å². The minimum Gasteiger partial charge on any atom is -0.306 e. The van der Waals surface area contributed by atoms with Gasteiger partial charge in [-0.3, -0.25) is 0 Å². The first-order valence-corrected chi connectivity index (χ1v) is 9.64. The molecule has 1 aliphatic heterocycles. The van der Waals surface area contributed by atoms with Gasteiger partial charge in [0, 0.05) is 17.0 Å². The van der Waals surface area contributed by atoms with E-state index in [1.54, 1.807) is 0 Å². The summed E-state index contributed by atoms with van der Waals surface area (Å²) in [5, 5.41) is 6.13. The molecule has 0 radical (unpaired) electrons. The maximum Gasteiger partial charge on any atom is 0.0416 e. The normalized spacial score (nSPS) is 20.5. The molecule has 120 valence electrons. The van der Waals surface area contributed by atoms with Crippen LogP contribution in [0.15, 0.2) is 17.5 Å². The molecule has 1 saturated heterocycles. The van der Waals surface area contributed by atoms with E-state index in [-0.39, 0.29) is 0 Å². The van der Waals surface area contributed by atoms with E-state index in [2.05, 4.69) is 48.5 Å². The highest BCUT2D eigenvalue weighted by atomic mass is 32.1. The SMILES string of the molecule is CCCC(NC(C)C1CCN(CCC)CC1)c1cccs1. The first kappa shape index (κ1) is 17.0. The van der Waals surface area contributed by atoms with Crippen LogP contribution >= 0.6 is 11.3 Å². The molecule has 0 spiro atoms. The van der Waals surface area contributed by atoms with Gasteiger partial charge in [-0.15, -0.1) is 11.3 Å². The highest BCUT2D eigenvalue weighted by molar-refractivity contribution is 7.10. The van der Waals surface area contributed by atoms with Crippen molar-refractivity contribution in [3.05, 3.63) is 22.4 Å². The molecule has 21 heavy (non-hydrogen) atoms. The molecule has 1 aromatic heterocycles. The Morgan fingerprint density at radius 2 is 2.05 bits per heavy atom. The van der Waals surface area contributed by atoms with Crippen LogP contribution in [0.5, 0.6) is 0 Å². The molecule has 0 aliphatic carbocycles. The van der Waals surface area contributed by atoms with Crippen molar-refractivity contribution in [2.45, 2.75) is 65.0 Å². The van der Waals surface area contributed by atoms with Crippen molar-refractivity contribution in [2.24, 2.45) is 5.92 Å². The zero-order chi connectivity index (χ0) is 15.1. The van der Waals surface area contributed by atoms with Gasteiger partial charge in [0.25, 0.3) is 0 Å². The zero-order valence-electron chi connectivity index (χ0n) is 14.0. The lowest BCUT2D eigenvalue weighted by molar-refractivity contribution is 0.158. The van der Waals surface area contributed by atoms with Crippen LogP contribution in [-0.2, 0) is 0 Å². The van der Waals surface area contributed by atoms with Crippen LogP contribution in [0, 0.1) is 5.92 Å². The number of thiophene rings is 1. The summed E-state index contributed by atoms with van der Waals surface area (Å²) in [6.07, 6.45) is 6.50. The van der Waals surface area contributed by atoms with Crippen molar-refractivity contribution in [3.8, 4) is 0 Å². The monoisotopic (exact) mass is 308 g/mol. The number of hydrogen-bond donors (Lipinski definition) is 1. The fraction of sp³-hybridized carbons (Fsp3) is 0.778. The maximum absolute atomic E-state index is 3.93. The average molecular weight is 309 g/mol. The lowest BCUT2D eigenvalue weighted by Gasteiger charge is -2.36. The molecule has 2 unspecified atom stereocenters. The highest BCUT2D eigenvalue weighted by Gasteiger charge is 2.25. The van der Waals surface area contributed by atoms with Gasteiger partial charge < -0.3 is 10.2 Å². The Bertz CT molecular complexity index is 369. The topological polar surface area (TPSA) is 15.3 Å². The average Bonchev–Trinajstić information content (AvgIpc) is 3.02. The second kappa shape index (κ2) is 8.92. The van der Waals surface area contributed by atoms with E-state index in [9.17, 15) is 0 Å². The molecule has 2 nitrogen and oxygen atoms in total. The number of likely N-dealkylation sites (tertiary alicyclic amines) is 1. The second-order valence-corrected chi connectivity index (χ2v) is 7.47. The Kier molecular flexibility index (Phi) is 7.21. The molecule has 0 amide bonds. The second-order valence-electron chi connectivity index (χ2n) is 6.49. The molecule has 1 N–H and O–H groups in total. The number of hydrogen-bond acceptors (Lipinski definition) is 3. The maximum atomic E-state index is 3.93. The van der Waals surface area contributed by atoms with Crippen LogP contribution in [0.4, 0.5) is 0 Å². The van der Waals surface area contributed by atoms with Crippen molar-refractivity contribution in [3.63, 3.8) is 0 Å². The fourth-order valence-corrected chi connectivity index (χ4v) is 4.35. The van der Waals surface area contributed by atoms with E-state index in [4.69, 9.17) is 0 Å². The van der Waals surface area contributed by atoms with Gasteiger partial charge in [-0.25, -0.2) is 0 Å². The summed E-state index contributed by atoms with van der Waals surface area (Å²) in [6, 6.07) is 5.65. The van der Waals surface area contributed by atoms with E-state index in [0.717, 1.165) is 5.92 Å². The van der Waals surface area contributed by atoms with Gasteiger partial charge in [-0.05, 0) is 69.6 Å². The number of nitrogens with one attached hydrogen (secondary N) is 1. The van der Waals surface area contributed by atoms with Crippen LogP contribution in [0.3, 0.4) is 0 Å². The number of nitrogens with zero attached hydrogens (tertiary/aromatic N) is 1. The van der Waals surface area contributed by atoms with Crippen molar-refractivity contribution in [2.75, 3.05) is 19.6 Å². The summed E-state index contributed by atoms with van der Waals surface area (Å²) in [5.74, 6) is 0.845. The molecule has 1 aromatic rings. The van der Waals surface area contributed by atoms with Crippen LogP contribution < -0.4 is 5.32 Å². The molecule has 1 aliphatic rings. The van der Waals surface area contributed by atoms with Gasteiger partial charge in [0.15, 0.2) is 0 Å². The molecule has 1 fully saturated rings. The largest absolute Gasteiger partial charge is 0.306 e. The summed E-state index contributed by atoms with van der Waals surface area (Å²) in [5.41, 5.74) is 0. The molecule has 3 heteroatoms. The first-order chi connectivity index (χ1) is 10.2. The number of rotatable bonds is 8. The van der Waals surface area contributed by atoms with Crippen LogP contribution in [-0.4, -0.2) is 30.6 Å². The number of piperidine rings is 1. The van der Waals surface area contributed by atoms with E-state index >= 15 is 0 Å². The van der Waals surface area contributed by atoms with Crippen molar-refractivity contribution in [1.29, 1.82) is 0 Å². The van der Waals surface area contributed by atoms with Gasteiger partial charge >= 0.3 is 0 Å². The van der Waals surface area contributed by atoms with Crippen LogP contribution in [0.25, 0.3) is 0 Å². The molecule has 2 atom stereocenters. The summed E-state index contributed by atoms with van der Waals surface area (Å²) in [7, 11) is 0. The Morgan fingerprint density at radius 3 is 2.62 bits per heavy atom. The van der Waals surface area contributed by atoms with Gasteiger partial charge in [-0.1, -0.05) is 26.3 Å². The van der Waals surface area contributed by atoms with E-state index in [0.29, 0.717) is 12.1 Å². The molecule has 2 heterocycles. The Hall–Kier alpha value is -0.380. The lowest BCUT2D eigenvalue weighted by Crippen LogP contribution is -2.43. The molecule has 2 rings (SSSR count). The van der Waals surface area contributed by atoms with Crippen molar-refractivity contribution < 1.29 is 0 Å². The minimum absolute atomic E-state index is 0.554. The van der Waals surface area contributed by atoms with Gasteiger partial charge in [0.05, 0.1) is 0 Å². The van der Waals surface area contributed by atoms with Gasteiger partial charge in [0.2, 0.25) is 0 Å². The minimum atomic E-state index is 0.554.